The Morgan fingerprint density at radius 3 is 2.53 bits per heavy atom. The molecule has 0 bridgehead atoms. The average Bonchev–Trinajstić information content (AvgIpc) is 2.42. The highest BCUT2D eigenvalue weighted by molar-refractivity contribution is 9.10. The molecule has 19 heavy (non-hydrogen) atoms. The molecule has 0 aliphatic heterocycles. The molecule has 0 radical (unpaired) electrons. The molecule has 0 aromatic heterocycles. The highest BCUT2D eigenvalue weighted by Gasteiger charge is 2.22. The minimum Gasteiger partial charge on any atom is -0.307 e. The smallest absolute Gasteiger partial charge is 0.0305 e. The molecule has 0 spiro atoms. The second kappa shape index (κ2) is 7.44. The molecule has 1 aliphatic carbocycles. The fourth-order valence-electron chi connectivity index (χ4n) is 3.30. The van der Waals surface area contributed by atoms with Crippen LogP contribution in [0.1, 0.15) is 64.0 Å². The fourth-order valence-corrected chi connectivity index (χ4v) is 3.92. The second-order valence-corrected chi connectivity index (χ2v) is 6.77. The van der Waals surface area contributed by atoms with Crippen LogP contribution < -0.4 is 5.32 Å². The molecule has 2 rings (SSSR count). The Balaban J connectivity index is 1.84. The van der Waals surface area contributed by atoms with Gasteiger partial charge in [0.05, 0.1) is 0 Å². The summed E-state index contributed by atoms with van der Waals surface area (Å²) in [6.07, 6.45) is 8.28. The zero-order valence-corrected chi connectivity index (χ0v) is 13.7. The summed E-state index contributed by atoms with van der Waals surface area (Å²) in [5.41, 5.74) is 1.37. The quantitative estimate of drug-likeness (QED) is 0.758. The molecular formula is C17H26BrN. The van der Waals surface area contributed by atoms with Crippen LogP contribution in [-0.4, -0.2) is 6.04 Å². The first-order chi connectivity index (χ1) is 9.20. The largest absolute Gasteiger partial charge is 0.307 e. The molecule has 1 aliphatic rings. The molecule has 1 nitrogen and oxygen atoms in total. The summed E-state index contributed by atoms with van der Waals surface area (Å²) in [6, 6.07) is 9.68. The Kier molecular flexibility index (Phi) is 5.90. The molecule has 1 aromatic carbocycles. The van der Waals surface area contributed by atoms with E-state index in [-0.39, 0.29) is 0 Å². The molecule has 0 saturated heterocycles. The Hall–Kier alpha value is -0.340. The van der Waals surface area contributed by atoms with Crippen molar-refractivity contribution in [3.05, 3.63) is 34.3 Å². The lowest BCUT2D eigenvalue weighted by molar-refractivity contribution is 0.266. The third kappa shape index (κ3) is 4.32. The maximum atomic E-state index is 3.81. The van der Waals surface area contributed by atoms with E-state index in [4.69, 9.17) is 0 Å². The zero-order valence-electron chi connectivity index (χ0n) is 12.2. The van der Waals surface area contributed by atoms with E-state index in [1.807, 2.05) is 0 Å². The SMILES string of the molecule is CCCC1CCC(N[C@H](C)c2ccccc2Br)CC1. The lowest BCUT2D eigenvalue weighted by Gasteiger charge is -2.31. The zero-order chi connectivity index (χ0) is 13.7. The van der Waals surface area contributed by atoms with E-state index in [9.17, 15) is 0 Å². The summed E-state index contributed by atoms with van der Waals surface area (Å²) in [4.78, 5) is 0. The van der Waals surface area contributed by atoms with Crippen molar-refractivity contribution in [3.63, 3.8) is 0 Å². The number of nitrogens with one attached hydrogen (secondary N) is 1. The van der Waals surface area contributed by atoms with Crippen LogP contribution in [0.2, 0.25) is 0 Å². The van der Waals surface area contributed by atoms with Gasteiger partial charge in [-0.2, -0.15) is 0 Å². The van der Waals surface area contributed by atoms with Gasteiger partial charge in [0, 0.05) is 16.6 Å². The van der Waals surface area contributed by atoms with Crippen molar-refractivity contribution in [3.8, 4) is 0 Å². The van der Waals surface area contributed by atoms with Crippen LogP contribution >= 0.6 is 15.9 Å². The minimum absolute atomic E-state index is 0.434. The first-order valence-corrected chi connectivity index (χ1v) is 8.50. The molecule has 1 fully saturated rings. The number of rotatable bonds is 5. The summed E-state index contributed by atoms with van der Waals surface area (Å²) in [5.74, 6) is 0.988. The minimum atomic E-state index is 0.434. The van der Waals surface area contributed by atoms with E-state index in [0.29, 0.717) is 12.1 Å². The normalized spacial score (nSPS) is 25.2. The molecular weight excluding hydrogens is 298 g/mol. The van der Waals surface area contributed by atoms with Gasteiger partial charge < -0.3 is 5.32 Å². The van der Waals surface area contributed by atoms with Gasteiger partial charge in [0.15, 0.2) is 0 Å². The molecule has 1 saturated carbocycles. The lowest BCUT2D eigenvalue weighted by Crippen LogP contribution is -2.35. The Morgan fingerprint density at radius 1 is 1.21 bits per heavy atom. The van der Waals surface area contributed by atoms with E-state index in [2.05, 4.69) is 59.4 Å². The van der Waals surface area contributed by atoms with E-state index in [1.165, 1.54) is 48.6 Å². The molecule has 0 heterocycles. The highest BCUT2D eigenvalue weighted by Crippen LogP contribution is 2.30. The third-order valence-electron chi connectivity index (χ3n) is 4.40. The fraction of sp³-hybridized carbons (Fsp3) is 0.647. The van der Waals surface area contributed by atoms with Gasteiger partial charge in [-0.15, -0.1) is 0 Å². The summed E-state index contributed by atoms with van der Waals surface area (Å²) < 4.78 is 1.22. The van der Waals surface area contributed by atoms with Gasteiger partial charge in [0.25, 0.3) is 0 Å². The third-order valence-corrected chi connectivity index (χ3v) is 5.12. The Bertz CT molecular complexity index is 383. The Labute approximate surface area is 126 Å². The van der Waals surface area contributed by atoms with Crippen LogP contribution in [0, 0.1) is 5.92 Å². The van der Waals surface area contributed by atoms with Gasteiger partial charge in [0.1, 0.15) is 0 Å². The Morgan fingerprint density at radius 2 is 1.89 bits per heavy atom. The van der Waals surface area contributed by atoms with Crippen molar-refractivity contribution in [1.29, 1.82) is 0 Å². The van der Waals surface area contributed by atoms with Gasteiger partial charge in [-0.05, 0) is 50.2 Å². The first-order valence-electron chi connectivity index (χ1n) is 7.71. The van der Waals surface area contributed by atoms with Gasteiger partial charge in [-0.25, -0.2) is 0 Å². The monoisotopic (exact) mass is 323 g/mol. The van der Waals surface area contributed by atoms with Crippen molar-refractivity contribution in [1.82, 2.24) is 5.32 Å². The summed E-state index contributed by atoms with van der Waals surface area (Å²) >= 11 is 3.65. The van der Waals surface area contributed by atoms with Gasteiger partial charge in [0.2, 0.25) is 0 Å². The van der Waals surface area contributed by atoms with E-state index in [0.717, 1.165) is 5.92 Å². The number of hydrogen-bond acceptors (Lipinski definition) is 1. The predicted molar refractivity (Wildman–Crippen MR) is 86.3 cm³/mol. The first kappa shape index (κ1) is 15.1. The topological polar surface area (TPSA) is 12.0 Å². The summed E-state index contributed by atoms with van der Waals surface area (Å²) in [6.45, 7) is 4.58. The summed E-state index contributed by atoms with van der Waals surface area (Å²) in [7, 11) is 0. The standard InChI is InChI=1S/C17H26BrN/c1-3-6-14-9-11-15(12-10-14)19-13(2)16-7-4-5-8-17(16)18/h4-5,7-8,13-15,19H,3,6,9-12H2,1-2H3/t13-,14?,15?/m1/s1. The molecule has 1 aromatic rings. The van der Waals surface area contributed by atoms with Crippen LogP contribution in [0.3, 0.4) is 0 Å². The van der Waals surface area contributed by atoms with Gasteiger partial charge in [-0.1, -0.05) is 53.9 Å². The average molecular weight is 324 g/mol. The van der Waals surface area contributed by atoms with Crippen molar-refractivity contribution < 1.29 is 0 Å². The van der Waals surface area contributed by atoms with Crippen LogP contribution in [0.25, 0.3) is 0 Å². The number of benzene rings is 1. The molecule has 0 unspecified atom stereocenters. The van der Waals surface area contributed by atoms with Crippen molar-refractivity contribution >= 4 is 15.9 Å². The number of hydrogen-bond donors (Lipinski definition) is 1. The van der Waals surface area contributed by atoms with Crippen LogP contribution in [0.5, 0.6) is 0 Å². The van der Waals surface area contributed by atoms with Crippen molar-refractivity contribution in [2.75, 3.05) is 0 Å². The second-order valence-electron chi connectivity index (χ2n) is 5.92. The van der Waals surface area contributed by atoms with Crippen LogP contribution in [0.4, 0.5) is 0 Å². The van der Waals surface area contributed by atoms with Gasteiger partial charge >= 0.3 is 0 Å². The molecule has 2 heteroatoms. The summed E-state index contributed by atoms with van der Waals surface area (Å²) in [5, 5.41) is 3.81. The van der Waals surface area contributed by atoms with E-state index < -0.39 is 0 Å². The molecule has 1 atom stereocenters. The predicted octanol–water partition coefficient (Wildman–Crippen LogP) is 5.46. The molecule has 1 N–H and O–H groups in total. The highest BCUT2D eigenvalue weighted by atomic mass is 79.9. The van der Waals surface area contributed by atoms with Crippen LogP contribution in [-0.2, 0) is 0 Å². The van der Waals surface area contributed by atoms with Crippen LogP contribution in [0.15, 0.2) is 28.7 Å². The van der Waals surface area contributed by atoms with Crippen molar-refractivity contribution in [2.24, 2.45) is 5.92 Å². The van der Waals surface area contributed by atoms with Gasteiger partial charge in [-0.3, -0.25) is 0 Å². The maximum Gasteiger partial charge on any atom is 0.0305 e. The van der Waals surface area contributed by atoms with Crippen molar-refractivity contribution in [2.45, 2.75) is 64.5 Å². The maximum absolute atomic E-state index is 3.81. The van der Waals surface area contributed by atoms with E-state index >= 15 is 0 Å². The lowest BCUT2D eigenvalue weighted by atomic mass is 9.83. The molecule has 106 valence electrons. The van der Waals surface area contributed by atoms with E-state index in [1.54, 1.807) is 0 Å². The number of halogens is 1. The molecule has 0 amide bonds.